The Morgan fingerprint density at radius 2 is 1.27 bits per heavy atom. The molecular formula is C31H43N3O6. The predicted molar refractivity (Wildman–Crippen MR) is 153 cm³/mol. The second-order valence-electron chi connectivity index (χ2n) is 11.2. The highest BCUT2D eigenvalue weighted by atomic mass is 16.6. The summed E-state index contributed by atoms with van der Waals surface area (Å²) < 4.78 is 10.3. The Balaban J connectivity index is 2.20. The van der Waals surface area contributed by atoms with Gasteiger partial charge in [-0.1, -0.05) is 74.5 Å². The van der Waals surface area contributed by atoms with Crippen LogP contribution in [0.2, 0.25) is 0 Å². The first-order valence-corrected chi connectivity index (χ1v) is 13.6. The second-order valence-corrected chi connectivity index (χ2v) is 11.2. The Morgan fingerprint density at radius 3 is 1.80 bits per heavy atom. The lowest BCUT2D eigenvalue weighted by molar-refractivity contribution is -0.145. The average molecular weight is 554 g/mol. The van der Waals surface area contributed by atoms with E-state index in [2.05, 4.69) is 16.0 Å². The number of amides is 3. The van der Waals surface area contributed by atoms with Crippen LogP contribution in [0.25, 0.3) is 0 Å². The van der Waals surface area contributed by atoms with E-state index in [1.165, 1.54) is 7.11 Å². The maximum Gasteiger partial charge on any atom is 0.408 e. The number of rotatable bonds is 13. The van der Waals surface area contributed by atoms with Crippen molar-refractivity contribution < 1.29 is 28.7 Å². The smallest absolute Gasteiger partial charge is 0.408 e. The number of methoxy groups -OCH3 is 1. The van der Waals surface area contributed by atoms with E-state index in [0.29, 0.717) is 19.3 Å². The number of aryl methyl sites for hydroxylation is 1. The van der Waals surface area contributed by atoms with Crippen LogP contribution in [0.1, 0.15) is 58.6 Å². The Labute approximate surface area is 237 Å². The van der Waals surface area contributed by atoms with Gasteiger partial charge < -0.3 is 25.4 Å². The lowest BCUT2D eigenvalue weighted by Gasteiger charge is -2.27. The molecule has 2 aromatic rings. The van der Waals surface area contributed by atoms with Crippen LogP contribution in [-0.2, 0) is 36.7 Å². The van der Waals surface area contributed by atoms with Crippen molar-refractivity contribution in [2.75, 3.05) is 7.11 Å². The molecule has 9 nitrogen and oxygen atoms in total. The molecule has 0 spiro atoms. The fourth-order valence-corrected chi connectivity index (χ4v) is 4.11. The van der Waals surface area contributed by atoms with E-state index >= 15 is 0 Å². The Bertz CT molecular complexity index is 1100. The summed E-state index contributed by atoms with van der Waals surface area (Å²) >= 11 is 0. The Morgan fingerprint density at radius 1 is 0.750 bits per heavy atom. The molecule has 0 aromatic heterocycles. The van der Waals surface area contributed by atoms with Crippen LogP contribution in [0.3, 0.4) is 0 Å². The summed E-state index contributed by atoms with van der Waals surface area (Å²) in [5.74, 6) is -1.55. The standard InChI is InChI=1S/C31H43N3O6/c1-21(2)19-25(28(36)33-26(29(37)39-6)20-23-15-11-8-12-16-23)32-27(35)24(34-30(38)40-31(3,4)5)18-17-22-13-9-7-10-14-22/h7-16,21,24-26H,17-20H2,1-6H3,(H,32,35)(H,33,36)(H,34,38)/t24-,25-,26-/m1/s1. The number of hydrogen-bond acceptors (Lipinski definition) is 6. The highest BCUT2D eigenvalue weighted by Gasteiger charge is 2.31. The molecule has 2 aromatic carbocycles. The van der Waals surface area contributed by atoms with Crippen molar-refractivity contribution in [3.63, 3.8) is 0 Å². The summed E-state index contributed by atoms with van der Waals surface area (Å²) in [4.78, 5) is 51.9. The molecule has 2 rings (SSSR count). The van der Waals surface area contributed by atoms with Crippen molar-refractivity contribution in [2.24, 2.45) is 5.92 Å². The summed E-state index contributed by atoms with van der Waals surface area (Å²) in [6.45, 7) is 9.07. The summed E-state index contributed by atoms with van der Waals surface area (Å²) in [6.07, 6.45) is 0.663. The van der Waals surface area contributed by atoms with Crippen LogP contribution in [0, 0.1) is 5.92 Å². The zero-order valence-corrected chi connectivity index (χ0v) is 24.4. The van der Waals surface area contributed by atoms with Crippen LogP contribution < -0.4 is 16.0 Å². The van der Waals surface area contributed by atoms with Gasteiger partial charge in [0.25, 0.3) is 0 Å². The number of carbonyl (C=O) groups excluding carboxylic acids is 4. The van der Waals surface area contributed by atoms with Crippen LogP contribution in [-0.4, -0.2) is 54.7 Å². The zero-order chi connectivity index (χ0) is 29.7. The van der Waals surface area contributed by atoms with Gasteiger partial charge in [-0.25, -0.2) is 9.59 Å². The summed E-state index contributed by atoms with van der Waals surface area (Å²) in [5, 5.41) is 8.22. The van der Waals surface area contributed by atoms with E-state index in [-0.39, 0.29) is 12.3 Å². The molecule has 9 heteroatoms. The van der Waals surface area contributed by atoms with Gasteiger partial charge in [0.15, 0.2) is 0 Å². The third kappa shape index (κ3) is 11.9. The van der Waals surface area contributed by atoms with Crippen LogP contribution in [0.15, 0.2) is 60.7 Å². The molecule has 3 amide bonds. The number of nitrogens with one attached hydrogen (secondary N) is 3. The molecule has 0 heterocycles. The molecular weight excluding hydrogens is 510 g/mol. The van der Waals surface area contributed by atoms with Gasteiger partial charge in [-0.2, -0.15) is 0 Å². The third-order valence-corrected chi connectivity index (χ3v) is 6.00. The van der Waals surface area contributed by atoms with Crippen molar-refractivity contribution in [1.82, 2.24) is 16.0 Å². The molecule has 0 aliphatic carbocycles. The topological polar surface area (TPSA) is 123 Å². The maximum absolute atomic E-state index is 13.5. The third-order valence-electron chi connectivity index (χ3n) is 6.00. The summed E-state index contributed by atoms with van der Waals surface area (Å²) in [7, 11) is 1.26. The van der Waals surface area contributed by atoms with Crippen molar-refractivity contribution in [2.45, 2.75) is 84.0 Å². The quantitative estimate of drug-likeness (QED) is 0.323. The van der Waals surface area contributed by atoms with Crippen LogP contribution in [0.5, 0.6) is 0 Å². The van der Waals surface area contributed by atoms with Gasteiger partial charge in [-0.15, -0.1) is 0 Å². The van der Waals surface area contributed by atoms with Crippen LogP contribution in [0.4, 0.5) is 4.79 Å². The minimum atomic E-state index is -0.946. The zero-order valence-electron chi connectivity index (χ0n) is 24.4. The van der Waals surface area contributed by atoms with Gasteiger partial charge in [0.1, 0.15) is 23.7 Å². The molecule has 0 aliphatic rings. The molecule has 40 heavy (non-hydrogen) atoms. The highest BCUT2D eigenvalue weighted by Crippen LogP contribution is 2.12. The van der Waals surface area contributed by atoms with Gasteiger partial charge in [0, 0.05) is 6.42 Å². The van der Waals surface area contributed by atoms with Crippen molar-refractivity contribution in [3.8, 4) is 0 Å². The number of hydrogen-bond donors (Lipinski definition) is 3. The first-order chi connectivity index (χ1) is 18.9. The highest BCUT2D eigenvalue weighted by molar-refractivity contribution is 5.93. The van der Waals surface area contributed by atoms with Gasteiger partial charge in [-0.05, 0) is 57.1 Å². The maximum atomic E-state index is 13.5. The Hall–Kier alpha value is -3.88. The van der Waals surface area contributed by atoms with Crippen molar-refractivity contribution in [3.05, 3.63) is 71.8 Å². The molecule has 0 radical (unpaired) electrons. The molecule has 0 bridgehead atoms. The lowest BCUT2D eigenvalue weighted by atomic mass is 10.00. The van der Waals surface area contributed by atoms with E-state index in [4.69, 9.17) is 9.47 Å². The van der Waals surface area contributed by atoms with E-state index in [1.807, 2.05) is 74.5 Å². The average Bonchev–Trinajstić information content (AvgIpc) is 2.89. The molecule has 0 saturated heterocycles. The largest absolute Gasteiger partial charge is 0.467 e. The van der Waals surface area contributed by atoms with Gasteiger partial charge >= 0.3 is 12.1 Å². The number of benzene rings is 2. The fourth-order valence-electron chi connectivity index (χ4n) is 4.11. The molecule has 3 atom stereocenters. The van der Waals surface area contributed by atoms with Gasteiger partial charge in [0.05, 0.1) is 7.11 Å². The number of esters is 1. The molecule has 218 valence electrons. The van der Waals surface area contributed by atoms with Crippen LogP contribution >= 0.6 is 0 Å². The molecule has 0 aliphatic heterocycles. The van der Waals surface area contributed by atoms with E-state index < -0.39 is 47.6 Å². The SMILES string of the molecule is COC(=O)[C@@H](Cc1ccccc1)NC(=O)[C@@H](CC(C)C)NC(=O)[C@@H](CCc1ccccc1)NC(=O)OC(C)(C)C. The molecule has 3 N–H and O–H groups in total. The summed E-state index contributed by atoms with van der Waals surface area (Å²) in [5.41, 5.74) is 1.11. The first-order valence-electron chi connectivity index (χ1n) is 13.6. The van der Waals surface area contributed by atoms with E-state index in [0.717, 1.165) is 11.1 Å². The lowest BCUT2D eigenvalue weighted by Crippen LogP contribution is -2.56. The van der Waals surface area contributed by atoms with E-state index in [9.17, 15) is 19.2 Å². The van der Waals surface area contributed by atoms with Crippen molar-refractivity contribution >= 4 is 23.9 Å². The monoisotopic (exact) mass is 553 g/mol. The number of ether oxygens (including phenoxy) is 2. The molecule has 0 saturated carbocycles. The number of carbonyl (C=O) groups is 4. The molecule has 0 unspecified atom stereocenters. The Kier molecular flexibility index (Phi) is 12.6. The normalized spacial score (nSPS) is 13.5. The van der Waals surface area contributed by atoms with E-state index in [1.54, 1.807) is 20.8 Å². The van der Waals surface area contributed by atoms with Gasteiger partial charge in [-0.3, -0.25) is 9.59 Å². The second kappa shape index (κ2) is 15.6. The minimum Gasteiger partial charge on any atom is -0.467 e. The number of alkyl carbamates (subject to hydrolysis) is 1. The van der Waals surface area contributed by atoms with Gasteiger partial charge in [0.2, 0.25) is 11.8 Å². The fraction of sp³-hybridized carbons (Fsp3) is 0.484. The molecule has 0 fully saturated rings. The van der Waals surface area contributed by atoms with Crippen molar-refractivity contribution in [1.29, 1.82) is 0 Å². The predicted octanol–water partition coefficient (Wildman–Crippen LogP) is 3.94. The summed E-state index contributed by atoms with van der Waals surface area (Å²) in [6, 6.07) is 16.1. The minimum absolute atomic E-state index is 0.0586. The first kappa shape index (κ1) is 32.3.